The highest BCUT2D eigenvalue weighted by atomic mass is 35.5. The number of nitrogens with zero attached hydrogens (tertiary/aromatic N) is 1. The summed E-state index contributed by atoms with van der Waals surface area (Å²) in [6.45, 7) is 0.727. The second-order valence-corrected chi connectivity index (χ2v) is 5.60. The van der Waals surface area contributed by atoms with Gasteiger partial charge >= 0.3 is 6.18 Å². The summed E-state index contributed by atoms with van der Waals surface area (Å²) in [5.74, 6) is -0.865. The van der Waals surface area contributed by atoms with Crippen molar-refractivity contribution >= 4 is 29.0 Å². The Bertz CT molecular complexity index is 874. The summed E-state index contributed by atoms with van der Waals surface area (Å²) in [5.41, 5.74) is -1.37. The molecule has 2 rings (SSSR count). The number of benzene rings is 1. The number of ketones is 1. The number of aromatic nitrogens is 1. The average molecular weight is 373 g/mol. The fraction of sp³-hybridized carbons (Fsp3) is 0.188. The summed E-state index contributed by atoms with van der Waals surface area (Å²) in [6, 6.07) is 6.25. The molecule has 132 valence electrons. The number of Topliss-reactive ketones (excluding diaryl/α,β-unsaturated/α-hetero) is 1. The first-order chi connectivity index (χ1) is 11.6. The molecule has 25 heavy (non-hydrogen) atoms. The lowest BCUT2D eigenvalue weighted by molar-refractivity contribution is -0.138. The molecule has 2 aromatic rings. The first-order valence-corrected chi connectivity index (χ1v) is 7.34. The lowest BCUT2D eigenvalue weighted by Crippen LogP contribution is -2.26. The van der Waals surface area contributed by atoms with Crippen LogP contribution < -0.4 is 10.9 Å². The molecule has 0 unspecified atom stereocenters. The number of alkyl halides is 3. The number of rotatable bonds is 4. The normalized spacial score (nSPS) is 11.2. The summed E-state index contributed by atoms with van der Waals surface area (Å²) in [4.78, 5) is 35.0. The molecule has 1 amide bonds. The molecule has 1 heterocycles. The largest absolute Gasteiger partial charge is 0.417 e. The number of anilines is 1. The number of carbonyl (C=O) groups is 2. The molecule has 1 aromatic carbocycles. The van der Waals surface area contributed by atoms with E-state index in [1.165, 1.54) is 31.2 Å². The van der Waals surface area contributed by atoms with Gasteiger partial charge in [0.15, 0.2) is 5.78 Å². The van der Waals surface area contributed by atoms with Crippen molar-refractivity contribution < 1.29 is 22.8 Å². The molecule has 0 atom stereocenters. The van der Waals surface area contributed by atoms with Crippen LogP contribution in [0.3, 0.4) is 0 Å². The van der Waals surface area contributed by atoms with Crippen molar-refractivity contribution in [3.63, 3.8) is 0 Å². The van der Waals surface area contributed by atoms with Crippen LogP contribution in [0.15, 0.2) is 41.3 Å². The Morgan fingerprint density at radius 3 is 2.32 bits per heavy atom. The molecule has 0 aliphatic rings. The first kappa shape index (κ1) is 18.7. The second-order valence-electron chi connectivity index (χ2n) is 5.19. The molecule has 5 nitrogen and oxygen atoms in total. The quantitative estimate of drug-likeness (QED) is 0.837. The Morgan fingerprint density at radius 2 is 1.80 bits per heavy atom. The van der Waals surface area contributed by atoms with Crippen LogP contribution in [0.25, 0.3) is 0 Å². The average Bonchev–Trinajstić information content (AvgIpc) is 2.50. The van der Waals surface area contributed by atoms with Crippen molar-refractivity contribution in [1.82, 2.24) is 4.57 Å². The third kappa shape index (κ3) is 4.69. The van der Waals surface area contributed by atoms with Gasteiger partial charge in [-0.25, -0.2) is 0 Å². The molecule has 1 aromatic heterocycles. The van der Waals surface area contributed by atoms with Crippen molar-refractivity contribution in [2.45, 2.75) is 19.6 Å². The number of pyridine rings is 1. The highest BCUT2D eigenvalue weighted by Gasteiger charge is 2.32. The zero-order valence-electron chi connectivity index (χ0n) is 12.9. The summed E-state index contributed by atoms with van der Waals surface area (Å²) >= 11 is 5.54. The minimum absolute atomic E-state index is 0.175. The molecule has 0 saturated carbocycles. The summed E-state index contributed by atoms with van der Waals surface area (Å²) in [7, 11) is 0. The first-order valence-electron chi connectivity index (χ1n) is 6.96. The van der Waals surface area contributed by atoms with Crippen LogP contribution in [-0.2, 0) is 17.5 Å². The smallest absolute Gasteiger partial charge is 0.326 e. The maximum Gasteiger partial charge on any atom is 0.417 e. The molecule has 0 bridgehead atoms. The van der Waals surface area contributed by atoms with Crippen LogP contribution in [0.2, 0.25) is 5.02 Å². The lowest BCUT2D eigenvalue weighted by Gasteiger charge is -2.11. The third-order valence-corrected chi connectivity index (χ3v) is 3.48. The van der Waals surface area contributed by atoms with Crippen molar-refractivity contribution in [3.8, 4) is 0 Å². The predicted octanol–water partition coefficient (Wildman–Crippen LogP) is 3.36. The van der Waals surface area contributed by atoms with Crippen molar-refractivity contribution in [1.29, 1.82) is 0 Å². The lowest BCUT2D eigenvalue weighted by atomic mass is 10.1. The Kier molecular flexibility index (Phi) is 5.32. The van der Waals surface area contributed by atoms with E-state index in [0.717, 1.165) is 0 Å². The Labute approximate surface area is 145 Å². The van der Waals surface area contributed by atoms with Gasteiger partial charge in [-0.05, 0) is 30.3 Å². The van der Waals surface area contributed by atoms with Gasteiger partial charge in [-0.1, -0.05) is 11.6 Å². The monoisotopic (exact) mass is 372 g/mol. The van der Waals surface area contributed by atoms with Crippen LogP contribution in [0, 0.1) is 0 Å². The van der Waals surface area contributed by atoms with Gasteiger partial charge in [0.2, 0.25) is 5.91 Å². The Morgan fingerprint density at radius 1 is 1.20 bits per heavy atom. The topological polar surface area (TPSA) is 68.2 Å². The molecular formula is C16H12ClF3N2O3. The minimum Gasteiger partial charge on any atom is -0.326 e. The molecule has 0 saturated heterocycles. The van der Waals surface area contributed by atoms with Gasteiger partial charge in [-0.15, -0.1) is 0 Å². The van der Waals surface area contributed by atoms with Gasteiger partial charge in [-0.3, -0.25) is 14.4 Å². The van der Waals surface area contributed by atoms with Gasteiger partial charge in [0, 0.05) is 24.4 Å². The minimum atomic E-state index is -4.69. The molecule has 0 fully saturated rings. The maximum absolute atomic E-state index is 12.8. The van der Waals surface area contributed by atoms with Gasteiger partial charge in [-0.2, -0.15) is 13.2 Å². The van der Waals surface area contributed by atoms with E-state index in [4.69, 9.17) is 11.6 Å². The molecular weight excluding hydrogens is 361 g/mol. The number of halogens is 4. The highest BCUT2D eigenvalue weighted by Crippen LogP contribution is 2.29. The van der Waals surface area contributed by atoms with Gasteiger partial charge in [0.25, 0.3) is 5.56 Å². The van der Waals surface area contributed by atoms with Gasteiger partial charge in [0.05, 0.1) is 12.1 Å². The van der Waals surface area contributed by atoms with E-state index < -0.39 is 34.6 Å². The van der Waals surface area contributed by atoms with Crippen LogP contribution in [-0.4, -0.2) is 16.3 Å². The van der Waals surface area contributed by atoms with E-state index in [1.807, 2.05) is 0 Å². The maximum atomic E-state index is 12.8. The molecule has 0 aliphatic carbocycles. The fourth-order valence-electron chi connectivity index (χ4n) is 2.06. The highest BCUT2D eigenvalue weighted by molar-refractivity contribution is 6.30. The summed E-state index contributed by atoms with van der Waals surface area (Å²) in [6.07, 6.45) is -4.14. The van der Waals surface area contributed by atoms with Crippen molar-refractivity contribution in [2.24, 2.45) is 0 Å². The molecule has 0 spiro atoms. The van der Waals surface area contributed by atoms with E-state index in [-0.39, 0.29) is 11.5 Å². The molecule has 9 heteroatoms. The van der Waals surface area contributed by atoms with Crippen molar-refractivity contribution in [3.05, 3.63) is 63.0 Å². The molecule has 0 radical (unpaired) electrons. The predicted molar refractivity (Wildman–Crippen MR) is 85.8 cm³/mol. The fourth-order valence-corrected chi connectivity index (χ4v) is 2.29. The van der Waals surface area contributed by atoms with E-state index >= 15 is 0 Å². The van der Waals surface area contributed by atoms with Crippen LogP contribution in [0.1, 0.15) is 22.8 Å². The standard InChI is InChI=1S/C16H12ClF3N2O3/c1-9(23)21-12-4-2-10(3-5-12)14(24)8-22-7-11(16(18,19)20)6-13(17)15(22)25/h2-7H,8H2,1H3,(H,21,23). The zero-order chi connectivity index (χ0) is 18.8. The molecule has 1 N–H and O–H groups in total. The van der Waals surface area contributed by atoms with E-state index in [0.29, 0.717) is 22.5 Å². The molecule has 0 aliphatic heterocycles. The second kappa shape index (κ2) is 7.10. The number of nitrogens with one attached hydrogen (secondary N) is 1. The zero-order valence-corrected chi connectivity index (χ0v) is 13.6. The van der Waals surface area contributed by atoms with E-state index in [2.05, 4.69) is 5.32 Å². The number of amides is 1. The number of hydrogen-bond acceptors (Lipinski definition) is 3. The van der Waals surface area contributed by atoms with Gasteiger partial charge in [0.1, 0.15) is 5.02 Å². The van der Waals surface area contributed by atoms with E-state index in [1.54, 1.807) is 0 Å². The van der Waals surface area contributed by atoms with Crippen LogP contribution in [0.4, 0.5) is 18.9 Å². The Balaban J connectivity index is 2.27. The SMILES string of the molecule is CC(=O)Nc1ccc(C(=O)Cn2cc(C(F)(F)F)cc(Cl)c2=O)cc1. The van der Waals surface area contributed by atoms with Crippen molar-refractivity contribution in [2.75, 3.05) is 5.32 Å². The Hall–Kier alpha value is -2.61. The number of hydrogen-bond donors (Lipinski definition) is 1. The van der Waals surface area contributed by atoms with Crippen LogP contribution >= 0.6 is 11.6 Å². The van der Waals surface area contributed by atoms with Gasteiger partial charge < -0.3 is 9.88 Å². The van der Waals surface area contributed by atoms with Crippen LogP contribution in [0.5, 0.6) is 0 Å². The summed E-state index contributed by atoms with van der Waals surface area (Å²) < 4.78 is 39.0. The third-order valence-electron chi connectivity index (χ3n) is 3.21. The summed E-state index contributed by atoms with van der Waals surface area (Å²) in [5, 5.41) is 1.89. The number of carbonyl (C=O) groups excluding carboxylic acids is 2. The van der Waals surface area contributed by atoms with E-state index in [9.17, 15) is 27.6 Å².